The fourth-order valence-electron chi connectivity index (χ4n) is 3.66. The van der Waals surface area contributed by atoms with E-state index < -0.39 is 12.0 Å². The van der Waals surface area contributed by atoms with Gasteiger partial charge in [0.25, 0.3) is 5.91 Å². The molecular weight excluding hydrogens is 396 g/mol. The molecule has 1 unspecified atom stereocenters. The summed E-state index contributed by atoms with van der Waals surface area (Å²) in [7, 11) is 1.55. The number of carboxylic acids is 1. The SMILES string of the molecule is CCc1ccccc1NC(=O)c1cnn2c1NC(C(=O)O)=CC2c1ccccc1OC. The smallest absolute Gasteiger partial charge is 0.352 e. The highest BCUT2D eigenvalue weighted by molar-refractivity contribution is 6.08. The van der Waals surface area contributed by atoms with Crippen LogP contribution in [0.1, 0.15) is 34.5 Å². The lowest BCUT2D eigenvalue weighted by Gasteiger charge is -2.25. The normalized spacial score (nSPS) is 14.8. The highest BCUT2D eigenvalue weighted by atomic mass is 16.5. The highest BCUT2D eigenvalue weighted by Crippen LogP contribution is 2.36. The van der Waals surface area contributed by atoms with Crippen LogP contribution in [-0.2, 0) is 11.2 Å². The number of carbonyl (C=O) groups excluding carboxylic acids is 1. The van der Waals surface area contributed by atoms with Gasteiger partial charge in [0.1, 0.15) is 28.9 Å². The molecule has 1 amide bonds. The third-order valence-corrected chi connectivity index (χ3v) is 5.22. The Morgan fingerprint density at radius 3 is 2.68 bits per heavy atom. The lowest BCUT2D eigenvalue weighted by atomic mass is 10.0. The fourth-order valence-corrected chi connectivity index (χ4v) is 3.66. The highest BCUT2D eigenvalue weighted by Gasteiger charge is 2.30. The maximum atomic E-state index is 13.1. The largest absolute Gasteiger partial charge is 0.496 e. The molecule has 0 fully saturated rings. The average Bonchev–Trinajstić information content (AvgIpc) is 3.23. The fraction of sp³-hybridized carbons (Fsp3) is 0.174. The number of benzene rings is 2. The number of rotatable bonds is 6. The predicted octanol–water partition coefficient (Wildman–Crippen LogP) is 3.69. The van der Waals surface area contributed by atoms with E-state index in [1.165, 1.54) is 6.20 Å². The Balaban J connectivity index is 1.75. The summed E-state index contributed by atoms with van der Waals surface area (Å²) in [6.07, 6.45) is 3.75. The van der Waals surface area contributed by atoms with Crippen LogP contribution in [-0.4, -0.2) is 33.9 Å². The van der Waals surface area contributed by atoms with Crippen LogP contribution in [0.4, 0.5) is 11.5 Å². The number of aliphatic carboxylic acids is 1. The standard InChI is InChI=1S/C23H22N4O4/c1-3-14-8-4-6-10-17(14)26-22(28)16-13-24-27-19(12-18(23(29)30)25-21(16)27)15-9-5-7-11-20(15)31-2/h4-13,19,25H,3H2,1-2H3,(H,26,28)(H,29,30). The summed E-state index contributed by atoms with van der Waals surface area (Å²) in [6, 6.07) is 14.3. The topological polar surface area (TPSA) is 105 Å². The van der Waals surface area contributed by atoms with Gasteiger partial charge in [-0.05, 0) is 30.2 Å². The average molecular weight is 418 g/mol. The Labute approximate surface area is 179 Å². The van der Waals surface area contributed by atoms with Crippen LogP contribution in [0.5, 0.6) is 5.75 Å². The Morgan fingerprint density at radius 1 is 1.19 bits per heavy atom. The molecule has 8 heteroatoms. The minimum absolute atomic E-state index is 0.0353. The first-order valence-corrected chi connectivity index (χ1v) is 9.85. The predicted molar refractivity (Wildman–Crippen MR) is 116 cm³/mol. The number of carboxylic acid groups (broad SMARTS) is 1. The van der Waals surface area contributed by atoms with Gasteiger partial charge in [-0.1, -0.05) is 43.3 Å². The number of amides is 1. The van der Waals surface area contributed by atoms with Crippen molar-refractivity contribution in [3.05, 3.63) is 83.2 Å². The van der Waals surface area contributed by atoms with E-state index in [-0.39, 0.29) is 17.2 Å². The molecule has 3 N–H and O–H groups in total. The van der Waals surface area contributed by atoms with Crippen molar-refractivity contribution in [3.63, 3.8) is 0 Å². The summed E-state index contributed by atoms with van der Waals surface area (Å²) in [5, 5.41) is 19.8. The van der Waals surface area contributed by atoms with Crippen molar-refractivity contribution in [2.24, 2.45) is 0 Å². The van der Waals surface area contributed by atoms with Crippen molar-refractivity contribution in [2.45, 2.75) is 19.4 Å². The monoisotopic (exact) mass is 418 g/mol. The van der Waals surface area contributed by atoms with Crippen molar-refractivity contribution >= 4 is 23.4 Å². The Morgan fingerprint density at radius 2 is 1.94 bits per heavy atom. The quantitative estimate of drug-likeness (QED) is 0.564. The molecule has 31 heavy (non-hydrogen) atoms. The summed E-state index contributed by atoms with van der Waals surface area (Å²) in [5.74, 6) is -0.600. The van der Waals surface area contributed by atoms with Crippen LogP contribution >= 0.6 is 0 Å². The maximum Gasteiger partial charge on any atom is 0.352 e. The molecular formula is C23H22N4O4. The van der Waals surface area contributed by atoms with Crippen molar-refractivity contribution in [3.8, 4) is 5.75 Å². The zero-order valence-electron chi connectivity index (χ0n) is 17.1. The maximum absolute atomic E-state index is 13.1. The number of nitrogens with zero attached hydrogens (tertiary/aromatic N) is 2. The third-order valence-electron chi connectivity index (χ3n) is 5.22. The number of methoxy groups -OCH3 is 1. The zero-order valence-corrected chi connectivity index (χ0v) is 17.1. The van der Waals surface area contributed by atoms with E-state index in [9.17, 15) is 14.7 Å². The van der Waals surface area contributed by atoms with E-state index in [0.29, 0.717) is 17.3 Å². The second-order valence-electron chi connectivity index (χ2n) is 7.01. The first kappa shape index (κ1) is 20.2. The molecule has 3 aromatic rings. The Kier molecular flexibility index (Phi) is 5.44. The summed E-state index contributed by atoms with van der Waals surface area (Å²) in [6.45, 7) is 2.01. The molecule has 0 radical (unpaired) electrons. The van der Waals surface area contributed by atoms with Crippen LogP contribution in [0.3, 0.4) is 0 Å². The number of aromatic nitrogens is 2. The van der Waals surface area contributed by atoms with E-state index in [2.05, 4.69) is 15.7 Å². The number of hydrogen-bond acceptors (Lipinski definition) is 5. The summed E-state index contributed by atoms with van der Waals surface area (Å²) in [4.78, 5) is 24.8. The molecule has 0 bridgehead atoms. The lowest BCUT2D eigenvalue weighted by Crippen LogP contribution is -2.26. The molecule has 1 aliphatic heterocycles. The molecule has 1 aliphatic rings. The minimum Gasteiger partial charge on any atom is -0.496 e. The number of aryl methyl sites for hydroxylation is 1. The summed E-state index contributed by atoms with van der Waals surface area (Å²) >= 11 is 0. The lowest BCUT2D eigenvalue weighted by molar-refractivity contribution is -0.132. The third kappa shape index (κ3) is 3.75. The second kappa shape index (κ2) is 8.35. The van der Waals surface area contributed by atoms with Crippen molar-refractivity contribution < 1.29 is 19.4 Å². The molecule has 2 heterocycles. The number of nitrogens with one attached hydrogen (secondary N) is 2. The number of fused-ring (bicyclic) bond motifs is 1. The van der Waals surface area contributed by atoms with Gasteiger partial charge in [-0.2, -0.15) is 5.10 Å². The van der Waals surface area contributed by atoms with Crippen molar-refractivity contribution in [1.29, 1.82) is 0 Å². The number of carbonyl (C=O) groups is 2. The molecule has 4 rings (SSSR count). The number of anilines is 2. The first-order chi connectivity index (χ1) is 15.0. The molecule has 0 aliphatic carbocycles. The van der Waals surface area contributed by atoms with E-state index in [1.807, 2.05) is 49.4 Å². The molecule has 158 valence electrons. The number of ether oxygens (including phenoxy) is 1. The van der Waals surface area contributed by atoms with Gasteiger partial charge in [0.2, 0.25) is 0 Å². The van der Waals surface area contributed by atoms with Gasteiger partial charge in [0, 0.05) is 11.3 Å². The second-order valence-corrected chi connectivity index (χ2v) is 7.01. The van der Waals surface area contributed by atoms with E-state index in [1.54, 1.807) is 23.9 Å². The first-order valence-electron chi connectivity index (χ1n) is 9.85. The molecule has 8 nitrogen and oxygen atoms in total. The van der Waals surface area contributed by atoms with Gasteiger partial charge in [-0.3, -0.25) is 4.79 Å². The zero-order chi connectivity index (χ0) is 22.0. The molecule has 1 atom stereocenters. The van der Waals surface area contributed by atoms with E-state index in [0.717, 1.165) is 17.5 Å². The molecule has 0 saturated carbocycles. The van der Waals surface area contributed by atoms with Crippen LogP contribution in [0, 0.1) is 0 Å². The molecule has 0 spiro atoms. The van der Waals surface area contributed by atoms with Gasteiger partial charge >= 0.3 is 5.97 Å². The van der Waals surface area contributed by atoms with Crippen LogP contribution in [0.15, 0.2) is 66.5 Å². The van der Waals surface area contributed by atoms with E-state index >= 15 is 0 Å². The van der Waals surface area contributed by atoms with Crippen molar-refractivity contribution in [1.82, 2.24) is 9.78 Å². The number of para-hydroxylation sites is 2. The van der Waals surface area contributed by atoms with Gasteiger partial charge in [-0.15, -0.1) is 0 Å². The summed E-state index contributed by atoms with van der Waals surface area (Å²) in [5.41, 5.74) is 2.66. The van der Waals surface area contributed by atoms with Crippen LogP contribution in [0.2, 0.25) is 0 Å². The van der Waals surface area contributed by atoms with Gasteiger partial charge in [0.15, 0.2) is 0 Å². The van der Waals surface area contributed by atoms with E-state index in [4.69, 9.17) is 4.74 Å². The van der Waals surface area contributed by atoms with Gasteiger partial charge in [-0.25, -0.2) is 9.48 Å². The number of allylic oxidation sites excluding steroid dienone is 1. The van der Waals surface area contributed by atoms with Crippen molar-refractivity contribution in [2.75, 3.05) is 17.7 Å². The molecule has 2 aromatic carbocycles. The van der Waals surface area contributed by atoms with Gasteiger partial charge in [0.05, 0.1) is 13.3 Å². The van der Waals surface area contributed by atoms with Crippen LogP contribution in [0.25, 0.3) is 0 Å². The molecule has 1 aromatic heterocycles. The Hall–Kier alpha value is -4.07. The Bertz CT molecular complexity index is 1180. The molecule has 0 saturated heterocycles. The number of hydrogen-bond donors (Lipinski definition) is 3. The summed E-state index contributed by atoms with van der Waals surface area (Å²) < 4.78 is 7.04. The minimum atomic E-state index is -1.13. The van der Waals surface area contributed by atoms with Crippen LogP contribution < -0.4 is 15.4 Å². The van der Waals surface area contributed by atoms with Gasteiger partial charge < -0.3 is 20.5 Å².